The van der Waals surface area contributed by atoms with E-state index in [1.807, 2.05) is 18.2 Å². The Morgan fingerprint density at radius 3 is 2.22 bits per heavy atom. The van der Waals surface area contributed by atoms with Crippen LogP contribution in [0, 0.1) is 0 Å². The minimum atomic E-state index is -0.0222. The number of carbonyl (C=O) groups is 1. The summed E-state index contributed by atoms with van der Waals surface area (Å²) in [5.41, 5.74) is 2.48. The molecular weight excluding hydrogens is 334 g/mol. The lowest BCUT2D eigenvalue weighted by Crippen LogP contribution is -3.19. The molecule has 1 amide bonds. The van der Waals surface area contributed by atoms with Gasteiger partial charge in [0.25, 0.3) is 5.91 Å². The van der Waals surface area contributed by atoms with E-state index in [0.29, 0.717) is 0 Å². The van der Waals surface area contributed by atoms with Crippen LogP contribution < -0.4 is 15.1 Å². The molecule has 0 aliphatic carbocycles. The third-order valence-corrected chi connectivity index (χ3v) is 5.63. The summed E-state index contributed by atoms with van der Waals surface area (Å²) in [4.78, 5) is 16.7. The molecule has 0 spiro atoms. The van der Waals surface area contributed by atoms with Gasteiger partial charge in [0.2, 0.25) is 0 Å². The fourth-order valence-corrected chi connectivity index (χ4v) is 3.90. The number of rotatable bonds is 7. The highest BCUT2D eigenvalue weighted by Gasteiger charge is 2.30. The second-order valence-corrected chi connectivity index (χ2v) is 7.46. The zero-order valence-corrected chi connectivity index (χ0v) is 16.5. The summed E-state index contributed by atoms with van der Waals surface area (Å²) in [6.45, 7) is 8.21. The van der Waals surface area contributed by atoms with Crippen LogP contribution in [0.25, 0.3) is 0 Å². The Morgan fingerprint density at radius 1 is 1.04 bits per heavy atom. The Bertz CT molecular complexity index is 696. The van der Waals surface area contributed by atoms with Crippen LogP contribution in [-0.4, -0.2) is 38.1 Å². The molecule has 1 heterocycles. The van der Waals surface area contributed by atoms with Crippen molar-refractivity contribution >= 4 is 11.6 Å². The maximum atomic E-state index is 12.9. The Labute approximate surface area is 163 Å². The number of quaternary nitrogens is 1. The lowest BCUT2D eigenvalue weighted by atomic mass is 10.0. The van der Waals surface area contributed by atoms with E-state index in [1.54, 1.807) is 0 Å². The van der Waals surface area contributed by atoms with Crippen LogP contribution in [0.1, 0.15) is 38.3 Å². The topological polar surface area (TPSA) is 36.8 Å². The first-order chi connectivity index (χ1) is 13.2. The third-order valence-electron chi connectivity index (χ3n) is 5.63. The van der Waals surface area contributed by atoms with Crippen molar-refractivity contribution in [3.8, 4) is 0 Å². The van der Waals surface area contributed by atoms with Gasteiger partial charge in [0.15, 0.2) is 6.04 Å². The molecule has 2 atom stereocenters. The van der Waals surface area contributed by atoms with E-state index < -0.39 is 0 Å². The molecule has 0 bridgehead atoms. The lowest BCUT2D eigenvalue weighted by molar-refractivity contribution is -0.914. The van der Waals surface area contributed by atoms with Crippen molar-refractivity contribution in [1.82, 2.24) is 5.32 Å². The van der Waals surface area contributed by atoms with Crippen molar-refractivity contribution in [3.63, 3.8) is 0 Å². The lowest BCUT2D eigenvalue weighted by Gasteiger charge is -2.36. The number of anilines is 1. The first-order valence-corrected chi connectivity index (χ1v) is 10.2. The van der Waals surface area contributed by atoms with Gasteiger partial charge in [-0.2, -0.15) is 0 Å². The van der Waals surface area contributed by atoms with Crippen molar-refractivity contribution in [2.45, 2.75) is 38.8 Å². The number of hydrogen-bond donors (Lipinski definition) is 2. The zero-order chi connectivity index (χ0) is 19.1. The summed E-state index contributed by atoms with van der Waals surface area (Å²) in [5, 5.41) is 3.30. The molecule has 144 valence electrons. The average molecular weight is 367 g/mol. The summed E-state index contributed by atoms with van der Waals surface area (Å²) in [6, 6.07) is 21.0. The molecule has 2 aromatic carbocycles. The molecule has 0 aromatic heterocycles. The average Bonchev–Trinajstić information content (AvgIpc) is 2.74. The van der Waals surface area contributed by atoms with Crippen LogP contribution in [-0.2, 0) is 4.79 Å². The maximum Gasteiger partial charge on any atom is 0.278 e. The van der Waals surface area contributed by atoms with Crippen molar-refractivity contribution in [3.05, 3.63) is 66.2 Å². The Morgan fingerprint density at radius 2 is 1.63 bits per heavy atom. The fourth-order valence-electron chi connectivity index (χ4n) is 3.90. The van der Waals surface area contributed by atoms with E-state index in [2.05, 4.69) is 66.5 Å². The monoisotopic (exact) mass is 366 g/mol. The van der Waals surface area contributed by atoms with Gasteiger partial charge in [0.05, 0.1) is 32.2 Å². The number of benzene rings is 2. The van der Waals surface area contributed by atoms with Gasteiger partial charge >= 0.3 is 0 Å². The van der Waals surface area contributed by atoms with Crippen LogP contribution in [0.15, 0.2) is 60.7 Å². The SMILES string of the molecule is CCC[C@@H](NC(=O)[C@H](C)[NH+]1CCN(c2ccccc2)CC1)c1ccccc1. The van der Waals surface area contributed by atoms with Gasteiger partial charge in [-0.05, 0) is 31.0 Å². The van der Waals surface area contributed by atoms with E-state index in [0.717, 1.165) is 39.0 Å². The molecule has 3 rings (SSSR count). The number of carbonyl (C=O) groups excluding carboxylic acids is 1. The largest absolute Gasteiger partial charge is 0.360 e. The van der Waals surface area contributed by atoms with Crippen molar-refractivity contribution in [1.29, 1.82) is 0 Å². The quantitative estimate of drug-likeness (QED) is 0.790. The van der Waals surface area contributed by atoms with Crippen LogP contribution in [0.3, 0.4) is 0 Å². The molecule has 1 saturated heterocycles. The summed E-state index contributed by atoms with van der Waals surface area (Å²) >= 11 is 0. The molecule has 1 fully saturated rings. The molecule has 0 radical (unpaired) electrons. The molecule has 0 unspecified atom stereocenters. The predicted molar refractivity (Wildman–Crippen MR) is 111 cm³/mol. The minimum Gasteiger partial charge on any atom is -0.360 e. The van der Waals surface area contributed by atoms with Gasteiger partial charge in [0, 0.05) is 5.69 Å². The molecule has 2 N–H and O–H groups in total. The van der Waals surface area contributed by atoms with E-state index in [1.165, 1.54) is 16.2 Å². The number of hydrogen-bond acceptors (Lipinski definition) is 2. The standard InChI is InChI=1S/C23H31N3O/c1-3-10-22(20-11-6-4-7-12-20)24-23(27)19(2)25-15-17-26(18-16-25)21-13-8-5-9-14-21/h4-9,11-14,19,22H,3,10,15-18H2,1-2H3,(H,24,27)/p+1/t19-,22+/m0/s1. The summed E-state index contributed by atoms with van der Waals surface area (Å²) < 4.78 is 0. The van der Waals surface area contributed by atoms with Gasteiger partial charge < -0.3 is 15.1 Å². The van der Waals surface area contributed by atoms with E-state index >= 15 is 0 Å². The molecule has 4 nitrogen and oxygen atoms in total. The Kier molecular flexibility index (Phi) is 6.88. The number of nitrogens with one attached hydrogen (secondary N) is 2. The van der Waals surface area contributed by atoms with Gasteiger partial charge in [-0.25, -0.2) is 0 Å². The first kappa shape index (κ1) is 19.4. The number of piperazine rings is 1. The fraction of sp³-hybridized carbons (Fsp3) is 0.435. The summed E-state index contributed by atoms with van der Waals surface area (Å²) in [5.74, 6) is 0.167. The number of amides is 1. The Balaban J connectivity index is 1.55. The molecule has 4 heteroatoms. The summed E-state index contributed by atoms with van der Waals surface area (Å²) in [7, 11) is 0. The molecule has 1 aliphatic rings. The smallest absolute Gasteiger partial charge is 0.278 e. The maximum absolute atomic E-state index is 12.9. The van der Waals surface area contributed by atoms with Gasteiger partial charge in [0.1, 0.15) is 0 Å². The third kappa shape index (κ3) is 5.10. The highest BCUT2D eigenvalue weighted by atomic mass is 16.2. The van der Waals surface area contributed by atoms with E-state index in [9.17, 15) is 4.79 Å². The van der Waals surface area contributed by atoms with Crippen molar-refractivity contribution in [2.24, 2.45) is 0 Å². The van der Waals surface area contributed by atoms with Gasteiger partial charge in [-0.3, -0.25) is 4.79 Å². The first-order valence-electron chi connectivity index (χ1n) is 10.2. The predicted octanol–water partition coefficient (Wildman–Crippen LogP) is 2.44. The normalized spacial score (nSPS) is 17.3. The highest BCUT2D eigenvalue weighted by molar-refractivity contribution is 5.80. The van der Waals surface area contributed by atoms with Crippen LogP contribution in [0.2, 0.25) is 0 Å². The second-order valence-electron chi connectivity index (χ2n) is 7.46. The number of nitrogens with zero attached hydrogens (tertiary/aromatic N) is 1. The number of para-hydroxylation sites is 1. The second kappa shape index (κ2) is 9.56. The Hall–Kier alpha value is -2.33. The van der Waals surface area contributed by atoms with E-state index in [-0.39, 0.29) is 18.0 Å². The van der Waals surface area contributed by atoms with Crippen molar-refractivity contribution in [2.75, 3.05) is 31.1 Å². The zero-order valence-electron chi connectivity index (χ0n) is 16.5. The van der Waals surface area contributed by atoms with Crippen molar-refractivity contribution < 1.29 is 9.69 Å². The van der Waals surface area contributed by atoms with Crippen LogP contribution in [0.5, 0.6) is 0 Å². The minimum absolute atomic E-state index is 0.0222. The van der Waals surface area contributed by atoms with Gasteiger partial charge in [-0.1, -0.05) is 61.9 Å². The van der Waals surface area contributed by atoms with E-state index in [4.69, 9.17) is 0 Å². The molecule has 0 saturated carbocycles. The highest BCUT2D eigenvalue weighted by Crippen LogP contribution is 2.18. The van der Waals surface area contributed by atoms with Crippen LogP contribution in [0.4, 0.5) is 5.69 Å². The molecule has 1 aliphatic heterocycles. The molecular formula is C23H32N3O+. The summed E-state index contributed by atoms with van der Waals surface area (Å²) in [6.07, 6.45) is 2.02. The molecule has 2 aromatic rings. The molecule has 27 heavy (non-hydrogen) atoms. The van der Waals surface area contributed by atoms with Crippen LogP contribution >= 0.6 is 0 Å². The van der Waals surface area contributed by atoms with Gasteiger partial charge in [-0.15, -0.1) is 0 Å².